The van der Waals surface area contributed by atoms with Gasteiger partial charge in [0, 0.05) is 10.4 Å². The molecule has 0 bridgehead atoms. The second kappa shape index (κ2) is 49.8. The van der Waals surface area contributed by atoms with Crippen molar-refractivity contribution in [3.05, 3.63) is 0 Å². The quantitative estimate of drug-likeness (QED) is 0.109. The summed E-state index contributed by atoms with van der Waals surface area (Å²) in [5.74, 6) is 0. The second-order valence-electron chi connectivity index (χ2n) is 1.77. The number of carbonyl (C=O) groups is 3. The van der Waals surface area contributed by atoms with Crippen molar-refractivity contribution in [2.24, 2.45) is 0 Å². The van der Waals surface area contributed by atoms with E-state index in [4.69, 9.17) is 81.7 Å². The van der Waals surface area contributed by atoms with Crippen LogP contribution in [0, 0.1) is 0 Å². The summed E-state index contributed by atoms with van der Waals surface area (Å²) in [6, 6.07) is 0. The smallest absolute Gasteiger partial charge is 0.759 e. The van der Waals surface area contributed by atoms with Crippen LogP contribution in [-0.2, 0) is 10.4 Å². The minimum atomic E-state index is -5.17. The zero-order chi connectivity index (χ0) is 19.7. The molecule has 0 radical (unpaired) electrons. The normalized spacial score (nSPS) is 6.55. The summed E-state index contributed by atoms with van der Waals surface area (Å²) < 4.78 is 34.1. The molecule has 17 nitrogen and oxygen atoms in total. The molecule has 0 aromatic rings. The van der Waals surface area contributed by atoms with Crippen LogP contribution in [0.5, 0.6) is 0 Å². The van der Waals surface area contributed by atoms with E-state index in [1.54, 1.807) is 0 Å². The SMILES string of the molecule is O=C([O-])O.O=C([O-])[O-].O=C([O-])[O-].O=S(=O)([O-])[O-].O[Si](O)(O)O.[Na+].[Na+].[Na+].[Na+].[Na+].[Na+].[Na+]. The van der Waals surface area contributed by atoms with Crippen LogP contribution in [0.1, 0.15) is 0 Å². The van der Waals surface area contributed by atoms with E-state index in [0.29, 0.717) is 0 Å². The van der Waals surface area contributed by atoms with E-state index in [0.717, 1.165) is 0 Å². The topological polar surface area (TPSA) is 348 Å². The van der Waals surface area contributed by atoms with Crippen LogP contribution in [-0.4, -0.2) is 69.3 Å². The Balaban J connectivity index is -0.0000000118. The standard InChI is InChI=1S/3CH2O3.7Na.H2O4S.H4O4Si/c3*2-1(3)4;;;;;;;;2*1-5(2,3)4/h3*(H2,2,3,4);;;;;;;;(H2,1,2,3,4);1-4H/q;;;7*+1;;/p-7. The largest absolute Gasteiger partial charge is 1.00 e. The molecule has 29 heavy (non-hydrogen) atoms. The number of carboxylic acid groups (broad SMARTS) is 6. The van der Waals surface area contributed by atoms with E-state index in [1.165, 1.54) is 0 Å². The third-order valence-corrected chi connectivity index (χ3v) is 0. The average molecular weight is 534 g/mol. The maximum atomic E-state index is 8.52. The van der Waals surface area contributed by atoms with Gasteiger partial charge in [-0.25, -0.2) is 0 Å². The molecule has 0 fully saturated rings. The van der Waals surface area contributed by atoms with E-state index < -0.39 is 37.9 Å². The molecule has 0 heterocycles. The molecule has 0 rings (SSSR count). The van der Waals surface area contributed by atoms with Gasteiger partial charge in [0.2, 0.25) is 6.16 Å². The molecule has 0 aromatic heterocycles. The van der Waals surface area contributed by atoms with Gasteiger partial charge < -0.3 is 73.3 Å². The first-order valence-corrected chi connectivity index (χ1v) is 6.54. The molecule has 5 N–H and O–H groups in total. The van der Waals surface area contributed by atoms with Gasteiger partial charge in [-0.2, -0.15) is 0 Å². The maximum absolute atomic E-state index is 8.52. The third-order valence-electron chi connectivity index (χ3n) is 0. The zero-order valence-electron chi connectivity index (χ0n) is 16.5. The summed E-state index contributed by atoms with van der Waals surface area (Å²) >= 11 is 0. The summed E-state index contributed by atoms with van der Waals surface area (Å²) in [6.45, 7) is 0. The Labute approximate surface area is 319 Å². The molecule has 0 aliphatic rings. The first kappa shape index (κ1) is 76.5. The Morgan fingerprint density at radius 3 is 0.586 bits per heavy atom. The molecule has 0 saturated heterocycles. The number of hydrogen-bond donors (Lipinski definition) is 5. The first-order valence-electron chi connectivity index (χ1n) is 3.42. The molecule has 0 saturated carbocycles. The van der Waals surface area contributed by atoms with Gasteiger partial charge in [0.25, 0.3) is 0 Å². The molecular weight excluding hydrogens is 529 g/mol. The van der Waals surface area contributed by atoms with Crippen LogP contribution in [0.15, 0.2) is 0 Å². The van der Waals surface area contributed by atoms with Crippen molar-refractivity contribution >= 4 is 37.9 Å². The molecule has 136 valence electrons. The Kier molecular flexibility index (Phi) is 131. The minimum absolute atomic E-state index is 0. The van der Waals surface area contributed by atoms with Crippen molar-refractivity contribution in [1.29, 1.82) is 0 Å². The Morgan fingerprint density at radius 1 is 0.586 bits per heavy atom. The first-order chi connectivity index (χ1) is 9.20. The van der Waals surface area contributed by atoms with Crippen molar-refractivity contribution in [3.63, 3.8) is 0 Å². The van der Waals surface area contributed by atoms with Crippen LogP contribution in [0.2, 0.25) is 0 Å². The molecule has 0 aliphatic carbocycles. The van der Waals surface area contributed by atoms with Crippen molar-refractivity contribution < 1.29 is 289 Å². The van der Waals surface area contributed by atoms with Gasteiger partial charge in [0.15, 0.2) is 0 Å². The van der Waals surface area contributed by atoms with Crippen molar-refractivity contribution in [2.75, 3.05) is 0 Å². The third kappa shape index (κ3) is 1380. The fourth-order valence-corrected chi connectivity index (χ4v) is 0. The molecular formula is C3H5Na7O17SSi. The number of carbonyl (C=O) groups excluding carboxylic acids is 2. The molecule has 0 atom stereocenters. The van der Waals surface area contributed by atoms with Gasteiger partial charge in [-0.05, 0) is 12.3 Å². The van der Waals surface area contributed by atoms with E-state index in [-0.39, 0.29) is 207 Å². The molecule has 0 amide bonds. The van der Waals surface area contributed by atoms with Crippen molar-refractivity contribution in [2.45, 2.75) is 0 Å². The van der Waals surface area contributed by atoms with Crippen LogP contribution < -0.4 is 232 Å². The Morgan fingerprint density at radius 2 is 0.586 bits per heavy atom. The van der Waals surface area contributed by atoms with E-state index in [1.807, 2.05) is 0 Å². The second-order valence-corrected chi connectivity index (χ2v) is 3.79. The molecule has 0 spiro atoms. The fourth-order valence-electron chi connectivity index (χ4n) is 0. The van der Waals surface area contributed by atoms with E-state index >= 15 is 0 Å². The van der Waals surface area contributed by atoms with Gasteiger partial charge in [-0.15, -0.1) is 0 Å². The maximum Gasteiger partial charge on any atom is 1.00 e. The van der Waals surface area contributed by atoms with Gasteiger partial charge in [-0.3, -0.25) is 8.42 Å². The summed E-state index contributed by atoms with van der Waals surface area (Å²) in [5.41, 5.74) is 0. The average Bonchev–Trinajstić information content (AvgIpc) is 1.88. The van der Waals surface area contributed by atoms with Crippen LogP contribution >= 0.6 is 0 Å². The summed E-state index contributed by atoms with van der Waals surface area (Å²) in [7, 11) is -9.78. The zero-order valence-corrected chi connectivity index (χ0v) is 32.4. The predicted molar refractivity (Wildman–Crippen MR) is 43.9 cm³/mol. The van der Waals surface area contributed by atoms with Gasteiger partial charge in [0.05, 0.1) is 0 Å². The number of rotatable bonds is 0. The van der Waals surface area contributed by atoms with E-state index in [2.05, 4.69) is 0 Å². The fraction of sp³-hybridized carbons (Fsp3) is 0. The Hall–Kier alpha value is 4.74. The Bertz CT molecular complexity index is 357. The van der Waals surface area contributed by atoms with Gasteiger partial charge in [-0.1, -0.05) is 0 Å². The van der Waals surface area contributed by atoms with Gasteiger partial charge in [0.1, 0.15) is 0 Å². The molecule has 26 heteroatoms. The van der Waals surface area contributed by atoms with Gasteiger partial charge >= 0.3 is 216 Å². The summed E-state index contributed by atoms with van der Waals surface area (Å²) in [5, 5.41) is 48.6. The molecule has 0 aliphatic heterocycles. The van der Waals surface area contributed by atoms with Crippen molar-refractivity contribution in [1.82, 2.24) is 0 Å². The predicted octanol–water partition coefficient (Wildman–Crippen LogP) is -30.9. The monoisotopic (exact) mass is 534 g/mol. The number of hydrogen-bond acceptors (Lipinski definition) is 16. The van der Waals surface area contributed by atoms with Crippen LogP contribution in [0.4, 0.5) is 14.4 Å². The van der Waals surface area contributed by atoms with E-state index in [9.17, 15) is 0 Å². The minimum Gasteiger partial charge on any atom is -0.759 e. The summed E-state index contributed by atoms with van der Waals surface area (Å²) in [6.07, 6.45) is -6.75. The molecule has 0 aromatic carbocycles. The van der Waals surface area contributed by atoms with Crippen molar-refractivity contribution in [3.8, 4) is 0 Å². The molecule has 0 unspecified atom stereocenters. The summed E-state index contributed by atoms with van der Waals surface area (Å²) in [4.78, 5) is 54.4. The van der Waals surface area contributed by atoms with Crippen LogP contribution in [0.3, 0.4) is 0 Å². The van der Waals surface area contributed by atoms with Crippen LogP contribution in [0.25, 0.3) is 0 Å².